The zero-order chi connectivity index (χ0) is 14.0. The first kappa shape index (κ1) is 13.9. The van der Waals surface area contributed by atoms with Crippen molar-refractivity contribution >= 4 is 27.7 Å². The average Bonchev–Trinajstić information content (AvgIpc) is 2.89. The summed E-state index contributed by atoms with van der Waals surface area (Å²) in [4.78, 5) is 14.2. The van der Waals surface area contributed by atoms with Crippen LogP contribution in [0.15, 0.2) is 27.8 Å². The number of hydrogen-bond donors (Lipinski definition) is 2. The van der Waals surface area contributed by atoms with E-state index in [1.807, 2.05) is 19.1 Å². The summed E-state index contributed by atoms with van der Waals surface area (Å²) in [7, 11) is 0. The molecule has 1 aliphatic heterocycles. The molecule has 1 aliphatic rings. The Labute approximate surface area is 120 Å². The number of nitrogens with two attached hydrogens (primary N) is 1. The highest BCUT2D eigenvalue weighted by Crippen LogP contribution is 2.25. The van der Waals surface area contributed by atoms with Crippen LogP contribution in [0.25, 0.3) is 0 Å². The second kappa shape index (κ2) is 5.61. The third kappa shape index (κ3) is 2.58. The van der Waals surface area contributed by atoms with Gasteiger partial charge in [-0.2, -0.15) is 0 Å². The normalized spacial score (nSPS) is 19.8. The molecule has 0 saturated carbocycles. The van der Waals surface area contributed by atoms with Gasteiger partial charge in [-0.25, -0.2) is 0 Å². The van der Waals surface area contributed by atoms with Gasteiger partial charge in [-0.1, -0.05) is 27.2 Å². The average molecular weight is 326 g/mol. The third-order valence-corrected chi connectivity index (χ3v) is 4.33. The first-order chi connectivity index (χ1) is 9.06. The van der Waals surface area contributed by atoms with Crippen LogP contribution in [0.2, 0.25) is 0 Å². The van der Waals surface area contributed by atoms with E-state index >= 15 is 0 Å². The summed E-state index contributed by atoms with van der Waals surface area (Å²) >= 11 is 3.42. The lowest BCUT2D eigenvalue weighted by atomic mass is 10.1. The highest BCUT2D eigenvalue weighted by Gasteiger charge is 2.33. The van der Waals surface area contributed by atoms with Crippen molar-refractivity contribution in [2.45, 2.75) is 25.8 Å². The Hall–Kier alpha value is -1.56. The van der Waals surface area contributed by atoms with Gasteiger partial charge >= 0.3 is 0 Å². The van der Waals surface area contributed by atoms with Crippen LogP contribution in [0, 0.1) is 6.92 Å². The van der Waals surface area contributed by atoms with Crippen molar-refractivity contribution < 1.29 is 10.0 Å². The van der Waals surface area contributed by atoms with Crippen LogP contribution in [0.1, 0.15) is 28.8 Å². The predicted molar refractivity (Wildman–Crippen MR) is 76.3 cm³/mol. The van der Waals surface area contributed by atoms with Gasteiger partial charge in [-0.3, -0.25) is 4.79 Å². The van der Waals surface area contributed by atoms with Gasteiger partial charge in [-0.15, -0.1) is 0 Å². The molecule has 1 heterocycles. The number of halogens is 1. The lowest BCUT2D eigenvalue weighted by Gasteiger charge is -2.24. The van der Waals surface area contributed by atoms with Crippen LogP contribution in [0.5, 0.6) is 0 Å². The first-order valence-corrected chi connectivity index (χ1v) is 6.89. The SMILES string of the molecule is Cc1c(Br)cccc1C(=O)N1CCCC1C(N)=NO. The summed E-state index contributed by atoms with van der Waals surface area (Å²) in [5.74, 6) is 0.0198. The number of benzene rings is 1. The molecule has 1 amide bonds. The number of nitrogens with zero attached hydrogens (tertiary/aromatic N) is 2. The summed E-state index contributed by atoms with van der Waals surface area (Å²) in [6.07, 6.45) is 1.59. The van der Waals surface area contributed by atoms with E-state index in [1.165, 1.54) is 0 Å². The molecule has 19 heavy (non-hydrogen) atoms. The number of oxime groups is 1. The largest absolute Gasteiger partial charge is 0.409 e. The fourth-order valence-electron chi connectivity index (χ4n) is 2.38. The second-order valence-corrected chi connectivity index (χ2v) is 5.45. The predicted octanol–water partition coefficient (Wildman–Crippen LogP) is 2.11. The van der Waals surface area contributed by atoms with Gasteiger partial charge in [0.15, 0.2) is 5.84 Å². The van der Waals surface area contributed by atoms with Gasteiger partial charge < -0.3 is 15.8 Å². The third-order valence-electron chi connectivity index (χ3n) is 3.47. The monoisotopic (exact) mass is 325 g/mol. The summed E-state index contributed by atoms with van der Waals surface area (Å²) in [6, 6.07) is 5.22. The van der Waals surface area contributed by atoms with Crippen molar-refractivity contribution in [3.8, 4) is 0 Å². The molecular formula is C13H16BrN3O2. The standard InChI is InChI=1S/C13H16BrN3O2/c1-8-9(4-2-5-10(8)14)13(18)17-7-3-6-11(17)12(15)16-19/h2,4-5,11,19H,3,6-7H2,1H3,(H2,15,16). The molecule has 1 saturated heterocycles. The molecule has 0 bridgehead atoms. The maximum absolute atomic E-state index is 12.6. The molecule has 1 fully saturated rings. The minimum atomic E-state index is -0.309. The van der Waals surface area contributed by atoms with Crippen LogP contribution in [-0.4, -0.2) is 34.4 Å². The molecule has 1 aromatic rings. The van der Waals surface area contributed by atoms with Gasteiger partial charge in [0.2, 0.25) is 0 Å². The van der Waals surface area contributed by atoms with Gasteiger partial charge in [0.05, 0.1) is 6.04 Å². The Morgan fingerprint density at radius 1 is 1.58 bits per heavy atom. The molecule has 3 N–H and O–H groups in total. The number of amidine groups is 1. The maximum Gasteiger partial charge on any atom is 0.254 e. The van der Waals surface area contributed by atoms with Crippen LogP contribution in [0.4, 0.5) is 0 Å². The van der Waals surface area contributed by atoms with Crippen molar-refractivity contribution in [2.75, 3.05) is 6.54 Å². The highest BCUT2D eigenvalue weighted by atomic mass is 79.9. The van der Waals surface area contributed by atoms with Crippen LogP contribution in [0.3, 0.4) is 0 Å². The number of amides is 1. The summed E-state index contributed by atoms with van der Waals surface area (Å²) in [5, 5.41) is 11.8. The van der Waals surface area contributed by atoms with Crippen LogP contribution < -0.4 is 5.73 Å². The molecule has 1 atom stereocenters. The molecule has 1 unspecified atom stereocenters. The molecule has 0 aromatic heterocycles. The van der Waals surface area contributed by atoms with Gasteiger partial charge in [0.25, 0.3) is 5.91 Å². The molecule has 5 nitrogen and oxygen atoms in total. The Morgan fingerprint density at radius 3 is 3.00 bits per heavy atom. The molecule has 0 radical (unpaired) electrons. The Bertz CT molecular complexity index is 531. The van der Waals surface area contributed by atoms with Crippen LogP contribution >= 0.6 is 15.9 Å². The van der Waals surface area contributed by atoms with E-state index in [9.17, 15) is 4.79 Å². The van der Waals surface area contributed by atoms with E-state index in [2.05, 4.69) is 21.1 Å². The number of carbonyl (C=O) groups is 1. The Morgan fingerprint density at radius 2 is 2.32 bits per heavy atom. The Kier molecular flexibility index (Phi) is 4.09. The highest BCUT2D eigenvalue weighted by molar-refractivity contribution is 9.10. The maximum atomic E-state index is 12.6. The number of carbonyl (C=O) groups excluding carboxylic acids is 1. The van der Waals surface area contributed by atoms with Gasteiger partial charge in [0, 0.05) is 16.6 Å². The first-order valence-electron chi connectivity index (χ1n) is 6.09. The van der Waals surface area contributed by atoms with Crippen molar-refractivity contribution in [2.24, 2.45) is 10.9 Å². The van der Waals surface area contributed by atoms with Crippen molar-refractivity contribution in [1.82, 2.24) is 4.90 Å². The zero-order valence-electron chi connectivity index (χ0n) is 10.6. The summed E-state index contributed by atoms with van der Waals surface area (Å²) in [6.45, 7) is 2.53. The van der Waals surface area contributed by atoms with E-state index in [4.69, 9.17) is 10.9 Å². The molecule has 2 rings (SSSR count). The minimum Gasteiger partial charge on any atom is -0.409 e. The molecule has 102 valence electrons. The number of hydrogen-bond acceptors (Lipinski definition) is 3. The van der Waals surface area contributed by atoms with E-state index < -0.39 is 0 Å². The zero-order valence-corrected chi connectivity index (χ0v) is 12.2. The minimum absolute atomic E-state index is 0.0760. The second-order valence-electron chi connectivity index (χ2n) is 4.59. The number of rotatable bonds is 2. The molecular weight excluding hydrogens is 310 g/mol. The topological polar surface area (TPSA) is 78.9 Å². The van der Waals surface area contributed by atoms with Crippen molar-refractivity contribution in [3.63, 3.8) is 0 Å². The number of likely N-dealkylation sites (tertiary alicyclic amines) is 1. The fourth-order valence-corrected chi connectivity index (χ4v) is 2.74. The molecule has 6 heteroatoms. The van der Waals surface area contributed by atoms with E-state index in [0.717, 1.165) is 22.9 Å². The van der Waals surface area contributed by atoms with E-state index in [0.29, 0.717) is 12.1 Å². The van der Waals surface area contributed by atoms with E-state index in [1.54, 1.807) is 11.0 Å². The molecule has 1 aromatic carbocycles. The van der Waals surface area contributed by atoms with E-state index in [-0.39, 0.29) is 17.8 Å². The Balaban J connectivity index is 2.31. The van der Waals surface area contributed by atoms with Gasteiger partial charge in [0.1, 0.15) is 0 Å². The van der Waals surface area contributed by atoms with Gasteiger partial charge in [-0.05, 0) is 37.5 Å². The summed E-state index contributed by atoms with van der Waals surface area (Å²) in [5.41, 5.74) is 7.20. The molecule has 0 aliphatic carbocycles. The van der Waals surface area contributed by atoms with Crippen molar-refractivity contribution in [3.05, 3.63) is 33.8 Å². The smallest absolute Gasteiger partial charge is 0.254 e. The van der Waals surface area contributed by atoms with Crippen LogP contribution in [-0.2, 0) is 0 Å². The van der Waals surface area contributed by atoms with Crippen molar-refractivity contribution in [1.29, 1.82) is 0 Å². The lowest BCUT2D eigenvalue weighted by molar-refractivity contribution is 0.0767. The summed E-state index contributed by atoms with van der Waals surface area (Å²) < 4.78 is 0.901. The lowest BCUT2D eigenvalue weighted by Crippen LogP contribution is -2.44. The fraction of sp³-hybridized carbons (Fsp3) is 0.385. The molecule has 0 spiro atoms. The quantitative estimate of drug-likeness (QED) is 0.378.